The molecule has 0 N–H and O–H groups in total. The average molecular weight is 423 g/mol. The quantitative estimate of drug-likeness (QED) is 0.205. The van der Waals surface area contributed by atoms with E-state index in [2.05, 4.69) is 57.5 Å². The van der Waals surface area contributed by atoms with Crippen molar-refractivity contribution >= 4 is 15.9 Å². The zero-order valence-corrected chi connectivity index (χ0v) is 19.1. The Labute approximate surface area is 165 Å². The highest BCUT2D eigenvalue weighted by molar-refractivity contribution is 9.09. The van der Waals surface area contributed by atoms with E-state index in [1.54, 1.807) is 0 Å². The fourth-order valence-electron chi connectivity index (χ4n) is 2.75. The van der Waals surface area contributed by atoms with E-state index in [4.69, 9.17) is 14.2 Å². The topological polar surface area (TPSA) is 27.7 Å². The van der Waals surface area contributed by atoms with Crippen molar-refractivity contribution in [1.82, 2.24) is 0 Å². The molecule has 0 saturated heterocycles. The molecule has 0 aromatic heterocycles. The smallest absolute Gasteiger partial charge is 0.0961 e. The van der Waals surface area contributed by atoms with Crippen molar-refractivity contribution in [2.45, 2.75) is 97.1 Å². The lowest BCUT2D eigenvalue weighted by Gasteiger charge is -2.36. The van der Waals surface area contributed by atoms with Crippen LogP contribution in [0.3, 0.4) is 0 Å². The van der Waals surface area contributed by atoms with Gasteiger partial charge in [0.15, 0.2) is 0 Å². The van der Waals surface area contributed by atoms with E-state index in [1.807, 2.05) is 0 Å². The van der Waals surface area contributed by atoms with Crippen LogP contribution in [0.2, 0.25) is 0 Å². The van der Waals surface area contributed by atoms with Gasteiger partial charge in [0.05, 0.1) is 12.2 Å². The summed E-state index contributed by atoms with van der Waals surface area (Å²) in [6.07, 6.45) is 7.01. The van der Waals surface area contributed by atoms with Crippen molar-refractivity contribution in [3.05, 3.63) is 0 Å². The van der Waals surface area contributed by atoms with Crippen molar-refractivity contribution in [3.8, 4) is 0 Å². The number of rotatable bonds is 17. The van der Waals surface area contributed by atoms with Crippen LogP contribution in [0.15, 0.2) is 0 Å². The molecule has 0 saturated carbocycles. The van der Waals surface area contributed by atoms with Crippen molar-refractivity contribution in [1.29, 1.82) is 0 Å². The second-order valence-corrected chi connectivity index (χ2v) is 8.76. The van der Waals surface area contributed by atoms with Gasteiger partial charge in [-0.25, -0.2) is 0 Å². The molecule has 0 aliphatic rings. The molecule has 0 bridgehead atoms. The normalized spacial score (nSPS) is 17.9. The average Bonchev–Trinajstić information content (AvgIpc) is 2.59. The van der Waals surface area contributed by atoms with Crippen LogP contribution in [0.4, 0.5) is 0 Å². The molecule has 0 radical (unpaired) electrons. The van der Waals surface area contributed by atoms with E-state index >= 15 is 0 Å². The summed E-state index contributed by atoms with van der Waals surface area (Å²) in [5.74, 6) is 0.845. The molecule has 0 aliphatic heterocycles. The second kappa shape index (κ2) is 16.5. The van der Waals surface area contributed by atoms with Crippen LogP contribution < -0.4 is 0 Å². The molecule has 0 amide bonds. The first-order valence-electron chi connectivity index (χ1n) is 10.4. The van der Waals surface area contributed by atoms with Crippen molar-refractivity contribution in [2.24, 2.45) is 11.8 Å². The molecular weight excluding hydrogens is 380 g/mol. The standard InChI is InChI=1S/C21H43BrO3/c1-7-10-13-23-16-17(4)18(5)20(24-14-11-8-2)21(19(6)22)25-15-12-9-3/h17-21H,7-16H2,1-6H3/t17-,18?,19?,20?,21?/m0/s1. The first kappa shape index (κ1) is 25.4. The molecule has 25 heavy (non-hydrogen) atoms. The predicted octanol–water partition coefficient (Wildman–Crippen LogP) is 6.23. The molecule has 0 spiro atoms. The van der Waals surface area contributed by atoms with Crippen molar-refractivity contribution in [3.63, 3.8) is 0 Å². The van der Waals surface area contributed by atoms with E-state index in [0.717, 1.165) is 58.5 Å². The third kappa shape index (κ3) is 11.6. The van der Waals surface area contributed by atoms with E-state index in [0.29, 0.717) is 11.8 Å². The molecule has 4 heteroatoms. The minimum Gasteiger partial charge on any atom is -0.381 e. The predicted molar refractivity (Wildman–Crippen MR) is 112 cm³/mol. The summed E-state index contributed by atoms with van der Waals surface area (Å²) in [4.78, 5) is 0.270. The van der Waals surface area contributed by atoms with Crippen LogP contribution in [0.1, 0.15) is 80.1 Å². The third-order valence-corrected chi connectivity index (χ3v) is 5.35. The first-order valence-corrected chi connectivity index (χ1v) is 11.4. The van der Waals surface area contributed by atoms with Crippen LogP contribution in [0, 0.1) is 11.8 Å². The van der Waals surface area contributed by atoms with Crippen LogP contribution in [-0.2, 0) is 14.2 Å². The van der Waals surface area contributed by atoms with Gasteiger partial charge in [-0.3, -0.25) is 0 Å². The van der Waals surface area contributed by atoms with Crippen molar-refractivity contribution in [2.75, 3.05) is 26.4 Å². The number of unbranched alkanes of at least 4 members (excludes halogenated alkanes) is 3. The molecule has 0 heterocycles. The Kier molecular flexibility index (Phi) is 16.8. The van der Waals surface area contributed by atoms with E-state index in [9.17, 15) is 0 Å². The number of halogens is 1. The fourth-order valence-corrected chi connectivity index (χ4v) is 3.21. The molecular formula is C21H43BrO3. The summed E-state index contributed by atoms with van der Waals surface area (Å²) in [6.45, 7) is 16.6. The highest BCUT2D eigenvalue weighted by Gasteiger charge is 2.34. The Morgan fingerprint density at radius 1 is 0.720 bits per heavy atom. The van der Waals surface area contributed by atoms with Gasteiger partial charge in [0, 0.05) is 31.3 Å². The molecule has 0 aromatic carbocycles. The summed E-state index contributed by atoms with van der Waals surface area (Å²) in [5.41, 5.74) is 0. The van der Waals surface area contributed by atoms with Gasteiger partial charge in [-0.15, -0.1) is 0 Å². The minimum atomic E-state index is 0.0801. The maximum absolute atomic E-state index is 6.34. The maximum atomic E-state index is 6.34. The highest BCUT2D eigenvalue weighted by atomic mass is 79.9. The zero-order chi connectivity index (χ0) is 19.1. The molecule has 152 valence electrons. The van der Waals surface area contributed by atoms with Gasteiger partial charge < -0.3 is 14.2 Å². The lowest BCUT2D eigenvalue weighted by atomic mass is 9.87. The number of hydrogen-bond donors (Lipinski definition) is 0. The molecule has 4 unspecified atom stereocenters. The Hall–Kier alpha value is 0.360. The fraction of sp³-hybridized carbons (Fsp3) is 1.00. The summed E-state index contributed by atoms with van der Waals surface area (Å²) < 4.78 is 18.4. The van der Waals surface area contributed by atoms with Crippen LogP contribution in [-0.4, -0.2) is 43.5 Å². The largest absolute Gasteiger partial charge is 0.381 e. The second-order valence-electron chi connectivity index (χ2n) is 7.32. The van der Waals surface area contributed by atoms with Gasteiger partial charge >= 0.3 is 0 Å². The SMILES string of the molecule is CCCCOC[C@H](C)C(C)C(OCCCC)C(OCCCC)C(C)Br. The zero-order valence-electron chi connectivity index (χ0n) is 17.6. The van der Waals surface area contributed by atoms with Crippen molar-refractivity contribution < 1.29 is 14.2 Å². The lowest BCUT2D eigenvalue weighted by molar-refractivity contribution is -0.108. The van der Waals surface area contributed by atoms with Gasteiger partial charge in [0.1, 0.15) is 0 Å². The van der Waals surface area contributed by atoms with E-state index in [1.165, 1.54) is 6.42 Å². The summed E-state index contributed by atoms with van der Waals surface area (Å²) in [7, 11) is 0. The maximum Gasteiger partial charge on any atom is 0.0961 e. The van der Waals surface area contributed by atoms with E-state index < -0.39 is 0 Å². The Morgan fingerprint density at radius 3 is 1.68 bits per heavy atom. The van der Waals surface area contributed by atoms with Gasteiger partial charge in [0.2, 0.25) is 0 Å². The number of ether oxygens (including phenoxy) is 3. The summed E-state index contributed by atoms with van der Waals surface area (Å²) in [5, 5.41) is 0. The molecule has 0 aromatic rings. The van der Waals surface area contributed by atoms with Gasteiger partial charge in [0.25, 0.3) is 0 Å². The highest BCUT2D eigenvalue weighted by Crippen LogP contribution is 2.27. The van der Waals surface area contributed by atoms with E-state index in [-0.39, 0.29) is 17.0 Å². The molecule has 3 nitrogen and oxygen atoms in total. The molecule has 0 rings (SSSR count). The van der Waals surface area contributed by atoms with Crippen LogP contribution in [0.25, 0.3) is 0 Å². The first-order chi connectivity index (χ1) is 12.0. The van der Waals surface area contributed by atoms with Gasteiger partial charge in [-0.2, -0.15) is 0 Å². The minimum absolute atomic E-state index is 0.0801. The van der Waals surface area contributed by atoms with Gasteiger partial charge in [-0.1, -0.05) is 76.7 Å². The Balaban J connectivity index is 4.82. The Bertz CT molecular complexity index is 286. The molecule has 0 aliphatic carbocycles. The third-order valence-electron chi connectivity index (χ3n) is 4.83. The van der Waals surface area contributed by atoms with Crippen LogP contribution >= 0.6 is 15.9 Å². The van der Waals surface area contributed by atoms with Gasteiger partial charge in [-0.05, 0) is 31.1 Å². The summed E-state index contributed by atoms with van der Waals surface area (Å²) in [6, 6.07) is 0. The molecule has 0 fully saturated rings. The lowest BCUT2D eigenvalue weighted by Crippen LogP contribution is -2.44. The number of hydrogen-bond acceptors (Lipinski definition) is 3. The van der Waals surface area contributed by atoms with Crippen LogP contribution in [0.5, 0.6) is 0 Å². The summed E-state index contributed by atoms with van der Waals surface area (Å²) >= 11 is 3.76. The monoisotopic (exact) mass is 422 g/mol. The number of alkyl halides is 1. The Morgan fingerprint density at radius 2 is 1.20 bits per heavy atom. The molecule has 5 atom stereocenters.